The first-order valence-corrected chi connectivity index (χ1v) is 11.8. The summed E-state index contributed by atoms with van der Waals surface area (Å²) in [6, 6.07) is 8.28. The number of amides is 1. The number of benzene rings is 1. The third-order valence-corrected chi connectivity index (χ3v) is 7.94. The van der Waals surface area contributed by atoms with Gasteiger partial charge in [-0.05, 0) is 90.3 Å². The van der Waals surface area contributed by atoms with E-state index in [1.165, 1.54) is 55.9 Å². The number of aromatic nitrogens is 4. The van der Waals surface area contributed by atoms with Gasteiger partial charge in [0.05, 0.1) is 11.4 Å². The number of hydrogen-bond donors (Lipinski definition) is 1. The van der Waals surface area contributed by atoms with Crippen LogP contribution in [0.4, 0.5) is 0 Å². The van der Waals surface area contributed by atoms with Crippen LogP contribution in [0.25, 0.3) is 5.69 Å². The van der Waals surface area contributed by atoms with Crippen LogP contribution in [0.2, 0.25) is 0 Å². The summed E-state index contributed by atoms with van der Waals surface area (Å²) in [7, 11) is 0. The van der Waals surface area contributed by atoms with Gasteiger partial charge in [-0.3, -0.25) is 4.79 Å². The molecule has 4 aliphatic carbocycles. The third kappa shape index (κ3) is 3.81. The predicted molar refractivity (Wildman–Crippen MR) is 113 cm³/mol. The van der Waals surface area contributed by atoms with Gasteiger partial charge < -0.3 is 5.32 Å². The molecule has 0 atom stereocenters. The van der Waals surface area contributed by atoms with Crippen molar-refractivity contribution in [2.24, 2.45) is 17.8 Å². The Hall–Kier alpha value is -1.89. The first-order chi connectivity index (χ1) is 14.0. The molecule has 4 fully saturated rings. The molecule has 4 saturated carbocycles. The van der Waals surface area contributed by atoms with Crippen LogP contribution < -0.4 is 5.32 Å². The van der Waals surface area contributed by atoms with E-state index in [4.69, 9.17) is 0 Å². The number of carbonyl (C=O) groups is 1. The number of hydrogen-bond acceptors (Lipinski definition) is 5. The fourth-order valence-electron chi connectivity index (χ4n) is 6.16. The highest BCUT2D eigenvalue weighted by molar-refractivity contribution is 7.99. The molecule has 6 rings (SSSR count). The van der Waals surface area contributed by atoms with Crippen LogP contribution in [0.5, 0.6) is 0 Å². The standard InChI is InChI=1S/C22H29N5OS/c1-14(2)18-3-5-19(6-4-18)27-21(24-25-26-27)29-13-20(28)23-22-10-15-7-16(11-22)9-17(8-15)12-22/h3-6,14-17H,7-13H2,1-2H3,(H,23,28). The minimum absolute atomic E-state index is 0.0605. The highest BCUT2D eigenvalue weighted by Gasteiger charge is 2.51. The predicted octanol–water partition coefficient (Wildman–Crippen LogP) is 3.96. The largest absolute Gasteiger partial charge is 0.350 e. The van der Waals surface area contributed by atoms with E-state index in [1.807, 2.05) is 12.1 Å². The van der Waals surface area contributed by atoms with Crippen molar-refractivity contribution in [2.75, 3.05) is 5.75 Å². The van der Waals surface area contributed by atoms with Gasteiger partial charge in [-0.2, -0.15) is 4.68 Å². The van der Waals surface area contributed by atoms with Crippen LogP contribution in [0, 0.1) is 17.8 Å². The normalized spacial score (nSPS) is 30.1. The number of carbonyl (C=O) groups excluding carboxylic acids is 1. The van der Waals surface area contributed by atoms with E-state index < -0.39 is 0 Å². The van der Waals surface area contributed by atoms with E-state index >= 15 is 0 Å². The fourth-order valence-corrected chi connectivity index (χ4v) is 6.85. The number of thioether (sulfide) groups is 1. The highest BCUT2D eigenvalue weighted by atomic mass is 32.2. The smallest absolute Gasteiger partial charge is 0.230 e. The Morgan fingerprint density at radius 1 is 1.14 bits per heavy atom. The number of nitrogens with one attached hydrogen (secondary N) is 1. The zero-order chi connectivity index (χ0) is 20.0. The van der Waals surface area contributed by atoms with Crippen molar-refractivity contribution >= 4 is 17.7 Å². The molecule has 1 aromatic carbocycles. The zero-order valence-corrected chi connectivity index (χ0v) is 18.0. The molecular formula is C22H29N5OS. The molecule has 2 aromatic rings. The molecule has 4 bridgehead atoms. The van der Waals surface area contributed by atoms with E-state index in [9.17, 15) is 4.79 Å². The quantitative estimate of drug-likeness (QED) is 0.729. The summed E-state index contributed by atoms with van der Waals surface area (Å²) in [4.78, 5) is 12.8. The van der Waals surface area contributed by atoms with Crippen molar-refractivity contribution in [3.05, 3.63) is 29.8 Å². The Labute approximate surface area is 176 Å². The molecule has 7 heteroatoms. The lowest BCUT2D eigenvalue weighted by molar-refractivity contribution is -0.124. The molecule has 0 unspecified atom stereocenters. The molecule has 0 saturated heterocycles. The van der Waals surface area contributed by atoms with Gasteiger partial charge in [0.15, 0.2) is 0 Å². The van der Waals surface area contributed by atoms with E-state index in [0.29, 0.717) is 16.8 Å². The van der Waals surface area contributed by atoms with Gasteiger partial charge in [-0.25, -0.2) is 0 Å². The van der Waals surface area contributed by atoms with E-state index in [1.54, 1.807) is 4.68 Å². The molecule has 1 amide bonds. The van der Waals surface area contributed by atoms with Gasteiger partial charge in [0.25, 0.3) is 0 Å². The third-order valence-electron chi connectivity index (χ3n) is 7.02. The van der Waals surface area contributed by atoms with Crippen molar-refractivity contribution in [2.45, 2.75) is 69.0 Å². The van der Waals surface area contributed by atoms with Crippen LogP contribution in [0.15, 0.2) is 29.4 Å². The topological polar surface area (TPSA) is 72.7 Å². The van der Waals surface area contributed by atoms with Gasteiger partial charge in [0.2, 0.25) is 11.1 Å². The number of nitrogens with zero attached hydrogens (tertiary/aromatic N) is 4. The lowest BCUT2D eigenvalue weighted by Crippen LogP contribution is -2.60. The minimum Gasteiger partial charge on any atom is -0.350 e. The Balaban J connectivity index is 1.22. The van der Waals surface area contributed by atoms with E-state index in [0.717, 1.165) is 23.4 Å². The molecule has 1 N–H and O–H groups in total. The maximum absolute atomic E-state index is 12.8. The Morgan fingerprint density at radius 3 is 2.34 bits per heavy atom. The van der Waals surface area contributed by atoms with Crippen LogP contribution in [0.3, 0.4) is 0 Å². The second kappa shape index (κ2) is 7.42. The summed E-state index contributed by atoms with van der Waals surface area (Å²) in [6.45, 7) is 4.35. The van der Waals surface area contributed by atoms with Crippen molar-refractivity contribution < 1.29 is 4.79 Å². The summed E-state index contributed by atoms with van der Waals surface area (Å²) in [6.07, 6.45) is 7.68. The first kappa shape index (κ1) is 19.1. The lowest BCUT2D eigenvalue weighted by atomic mass is 9.53. The molecule has 1 heterocycles. The molecule has 0 radical (unpaired) electrons. The van der Waals surface area contributed by atoms with Crippen molar-refractivity contribution in [1.29, 1.82) is 0 Å². The van der Waals surface area contributed by atoms with Crippen LogP contribution in [-0.2, 0) is 4.79 Å². The van der Waals surface area contributed by atoms with Crippen molar-refractivity contribution in [3.8, 4) is 5.69 Å². The SMILES string of the molecule is CC(C)c1ccc(-n2nnnc2SCC(=O)NC23CC4CC(CC(C4)C2)C3)cc1. The van der Waals surface area contributed by atoms with Gasteiger partial charge in [-0.15, -0.1) is 5.10 Å². The van der Waals surface area contributed by atoms with Crippen molar-refractivity contribution in [3.63, 3.8) is 0 Å². The molecule has 29 heavy (non-hydrogen) atoms. The summed E-state index contributed by atoms with van der Waals surface area (Å²) < 4.78 is 1.72. The molecule has 154 valence electrons. The zero-order valence-electron chi connectivity index (χ0n) is 17.2. The van der Waals surface area contributed by atoms with Gasteiger partial charge in [0, 0.05) is 5.54 Å². The second-order valence-corrected chi connectivity index (χ2v) is 10.6. The summed E-state index contributed by atoms with van der Waals surface area (Å²) >= 11 is 1.41. The molecule has 0 aliphatic heterocycles. The molecule has 0 spiro atoms. The Bertz CT molecular complexity index is 856. The molecule has 4 aliphatic rings. The maximum atomic E-state index is 12.8. The summed E-state index contributed by atoms with van der Waals surface area (Å²) in [5, 5.41) is 16.2. The van der Waals surface area contributed by atoms with E-state index in [-0.39, 0.29) is 11.4 Å². The van der Waals surface area contributed by atoms with Crippen LogP contribution in [-0.4, -0.2) is 37.4 Å². The Morgan fingerprint density at radius 2 is 1.76 bits per heavy atom. The monoisotopic (exact) mass is 411 g/mol. The number of tetrazole rings is 1. The summed E-state index contributed by atoms with van der Waals surface area (Å²) in [5.74, 6) is 3.44. The van der Waals surface area contributed by atoms with Crippen LogP contribution >= 0.6 is 11.8 Å². The molecular weight excluding hydrogens is 382 g/mol. The van der Waals surface area contributed by atoms with Crippen LogP contribution in [0.1, 0.15) is 63.9 Å². The fraction of sp³-hybridized carbons (Fsp3) is 0.636. The van der Waals surface area contributed by atoms with E-state index in [2.05, 4.69) is 46.8 Å². The summed E-state index contributed by atoms with van der Waals surface area (Å²) in [5.41, 5.74) is 2.26. The second-order valence-electron chi connectivity index (χ2n) is 9.65. The average molecular weight is 412 g/mol. The minimum atomic E-state index is 0.0605. The first-order valence-electron chi connectivity index (χ1n) is 10.8. The van der Waals surface area contributed by atoms with Gasteiger partial charge in [-0.1, -0.05) is 37.7 Å². The molecule has 6 nitrogen and oxygen atoms in total. The molecule has 1 aromatic heterocycles. The van der Waals surface area contributed by atoms with Gasteiger partial charge >= 0.3 is 0 Å². The Kier molecular flexibility index (Phi) is 4.88. The number of rotatable bonds is 6. The lowest BCUT2D eigenvalue weighted by Gasteiger charge is -2.56. The van der Waals surface area contributed by atoms with Crippen molar-refractivity contribution in [1.82, 2.24) is 25.5 Å². The maximum Gasteiger partial charge on any atom is 0.230 e. The average Bonchev–Trinajstić information content (AvgIpc) is 3.13. The van der Waals surface area contributed by atoms with Gasteiger partial charge in [0.1, 0.15) is 0 Å². The highest BCUT2D eigenvalue weighted by Crippen LogP contribution is 2.55.